The van der Waals surface area contributed by atoms with Crippen LogP contribution >= 0.6 is 0 Å². The van der Waals surface area contributed by atoms with E-state index in [9.17, 15) is 23.1 Å². The summed E-state index contributed by atoms with van der Waals surface area (Å²) in [6.07, 6.45) is -0.391. The molecule has 3 heterocycles. The molecule has 13 nitrogen and oxygen atoms in total. The average molecular weight is 673 g/mol. The van der Waals surface area contributed by atoms with Crippen LogP contribution in [0.1, 0.15) is 31.4 Å². The van der Waals surface area contributed by atoms with Gasteiger partial charge in [0.25, 0.3) is 5.91 Å². The Hall–Kier alpha value is -3.53. The standard InChI is InChI=1S/C33H44N4O9S/c1-21(2)18-37(47(41,42)23-9-10-27-25(16-23)26(31(39)35-27)17-34-12-14-43-3)19-29(38)28(15-22-7-5-4-6-8-22)36-33(40)46-30-20-45-32-24(30)11-13-44-32/h4-10,16-17,21,24,28-30,32,34,38H,11-15,18-20H2,1-3H3,(H,35,39)(H,36,40)/b26-17-. The molecule has 3 aliphatic rings. The summed E-state index contributed by atoms with van der Waals surface area (Å²) in [6, 6.07) is 12.9. The Morgan fingerprint density at radius 2 is 1.96 bits per heavy atom. The van der Waals surface area contributed by atoms with Gasteiger partial charge >= 0.3 is 6.09 Å². The number of aliphatic hydroxyl groups excluding tert-OH is 1. The number of carbonyl (C=O) groups is 2. The minimum absolute atomic E-state index is 0.0232. The van der Waals surface area contributed by atoms with E-state index >= 15 is 0 Å². The summed E-state index contributed by atoms with van der Waals surface area (Å²) in [4.78, 5) is 25.8. The molecule has 5 unspecified atom stereocenters. The van der Waals surface area contributed by atoms with Crippen LogP contribution in [-0.2, 0) is 40.2 Å². The molecule has 2 saturated heterocycles. The first-order chi connectivity index (χ1) is 22.6. The molecule has 5 rings (SSSR count). The Kier molecular flexibility index (Phi) is 11.5. The molecule has 0 saturated carbocycles. The summed E-state index contributed by atoms with van der Waals surface area (Å²) >= 11 is 0. The first-order valence-corrected chi connectivity index (χ1v) is 17.3. The summed E-state index contributed by atoms with van der Waals surface area (Å²) in [5, 5.41) is 20.2. The number of alkyl carbamates (subject to hydrolysis) is 1. The first kappa shape index (κ1) is 34.8. The summed E-state index contributed by atoms with van der Waals surface area (Å²) < 4.78 is 51.4. The van der Waals surface area contributed by atoms with Gasteiger partial charge in [-0.05, 0) is 42.5 Å². The molecule has 256 valence electrons. The smallest absolute Gasteiger partial charge is 0.407 e. The van der Waals surface area contributed by atoms with Gasteiger partial charge in [0.1, 0.15) is 6.10 Å². The Bertz CT molecular complexity index is 1540. The SMILES string of the molecule is COCCN/C=C1\C(=O)Nc2ccc(S(=O)(=O)N(CC(C)C)CC(O)C(Cc3ccccc3)NC(=O)OC3COC4OCCC34)cc21. The average Bonchev–Trinajstić information content (AvgIpc) is 3.74. The predicted molar refractivity (Wildman–Crippen MR) is 174 cm³/mol. The van der Waals surface area contributed by atoms with Gasteiger partial charge in [-0.3, -0.25) is 4.79 Å². The lowest BCUT2D eigenvalue weighted by molar-refractivity contribution is -0.110. The van der Waals surface area contributed by atoms with Crippen molar-refractivity contribution in [2.24, 2.45) is 11.8 Å². The van der Waals surface area contributed by atoms with Gasteiger partial charge < -0.3 is 40.0 Å². The number of methoxy groups -OCH3 is 1. The van der Waals surface area contributed by atoms with Crippen LogP contribution in [-0.4, -0.2) is 101 Å². The van der Waals surface area contributed by atoms with Crippen molar-refractivity contribution >= 4 is 33.3 Å². The van der Waals surface area contributed by atoms with Gasteiger partial charge in [0, 0.05) is 44.2 Å². The molecule has 0 spiro atoms. The largest absolute Gasteiger partial charge is 0.443 e. The van der Waals surface area contributed by atoms with Gasteiger partial charge in [-0.25, -0.2) is 13.2 Å². The third-order valence-corrected chi connectivity index (χ3v) is 10.2. The van der Waals surface area contributed by atoms with Gasteiger partial charge in [-0.1, -0.05) is 44.2 Å². The third-order valence-electron chi connectivity index (χ3n) is 8.38. The number of fused-ring (bicyclic) bond motifs is 2. The molecule has 0 aromatic heterocycles. The van der Waals surface area contributed by atoms with Crippen molar-refractivity contribution in [2.75, 3.05) is 51.9 Å². The van der Waals surface area contributed by atoms with E-state index in [0.717, 1.165) is 12.0 Å². The Balaban J connectivity index is 1.35. The quantitative estimate of drug-likeness (QED) is 0.163. The molecule has 2 aromatic carbocycles. The fraction of sp³-hybridized carbons (Fsp3) is 0.515. The number of rotatable bonds is 15. The van der Waals surface area contributed by atoms with E-state index in [1.807, 2.05) is 44.2 Å². The molecule has 14 heteroatoms. The fourth-order valence-corrected chi connectivity index (χ4v) is 7.64. The maximum atomic E-state index is 14.1. The van der Waals surface area contributed by atoms with Crippen LogP contribution in [0.4, 0.5) is 10.5 Å². The van der Waals surface area contributed by atoms with Crippen LogP contribution in [0.15, 0.2) is 59.6 Å². The number of amides is 2. The van der Waals surface area contributed by atoms with E-state index in [1.54, 1.807) is 19.4 Å². The lowest BCUT2D eigenvalue weighted by atomic mass is 10.0. The second kappa shape index (κ2) is 15.6. The molecular formula is C33H44N4O9S. The molecule has 2 aromatic rings. The monoisotopic (exact) mass is 672 g/mol. The second-order valence-corrected chi connectivity index (χ2v) is 14.3. The molecule has 0 bridgehead atoms. The Morgan fingerprint density at radius 3 is 2.70 bits per heavy atom. The first-order valence-electron chi connectivity index (χ1n) is 15.9. The van der Waals surface area contributed by atoms with Crippen molar-refractivity contribution < 1.29 is 42.1 Å². The molecule has 5 atom stereocenters. The summed E-state index contributed by atoms with van der Waals surface area (Å²) in [5.74, 6) is -0.487. The zero-order chi connectivity index (χ0) is 33.6. The minimum atomic E-state index is -4.15. The van der Waals surface area contributed by atoms with Crippen molar-refractivity contribution in [1.29, 1.82) is 0 Å². The fourth-order valence-electron chi connectivity index (χ4n) is 5.99. The van der Waals surface area contributed by atoms with Gasteiger partial charge in [-0.2, -0.15) is 4.31 Å². The highest BCUT2D eigenvalue weighted by Crippen LogP contribution is 2.35. The van der Waals surface area contributed by atoms with E-state index in [0.29, 0.717) is 36.6 Å². The molecule has 0 radical (unpaired) electrons. The van der Waals surface area contributed by atoms with Crippen LogP contribution in [0.3, 0.4) is 0 Å². The van der Waals surface area contributed by atoms with Crippen molar-refractivity contribution in [2.45, 2.75) is 56.1 Å². The molecule has 4 N–H and O–H groups in total. The number of benzene rings is 2. The molecule has 3 aliphatic heterocycles. The Morgan fingerprint density at radius 1 is 1.17 bits per heavy atom. The topological polar surface area (TPSA) is 165 Å². The van der Waals surface area contributed by atoms with Crippen molar-refractivity contribution in [1.82, 2.24) is 14.9 Å². The number of nitrogens with one attached hydrogen (secondary N) is 3. The number of aliphatic hydroxyl groups is 1. The number of ether oxygens (including phenoxy) is 4. The summed E-state index contributed by atoms with van der Waals surface area (Å²) in [6.45, 7) is 5.24. The molecule has 2 amide bonds. The zero-order valence-corrected chi connectivity index (χ0v) is 27.7. The van der Waals surface area contributed by atoms with Gasteiger partial charge in [0.15, 0.2) is 6.29 Å². The number of sulfonamides is 1. The maximum absolute atomic E-state index is 14.1. The molecule has 2 fully saturated rings. The van der Waals surface area contributed by atoms with E-state index in [2.05, 4.69) is 16.0 Å². The van der Waals surface area contributed by atoms with Crippen molar-refractivity contribution in [3.8, 4) is 0 Å². The normalized spacial score (nSPS) is 22.6. The van der Waals surface area contributed by atoms with Crippen LogP contribution < -0.4 is 16.0 Å². The van der Waals surface area contributed by atoms with Crippen molar-refractivity contribution in [3.63, 3.8) is 0 Å². The van der Waals surface area contributed by atoms with Crippen LogP contribution in [0.2, 0.25) is 0 Å². The zero-order valence-electron chi connectivity index (χ0n) is 26.9. The van der Waals surface area contributed by atoms with E-state index in [4.69, 9.17) is 18.9 Å². The number of nitrogens with zero attached hydrogens (tertiary/aromatic N) is 1. The highest BCUT2D eigenvalue weighted by Gasteiger charge is 2.44. The number of hydrogen-bond acceptors (Lipinski definition) is 10. The molecule has 47 heavy (non-hydrogen) atoms. The highest BCUT2D eigenvalue weighted by atomic mass is 32.2. The summed E-state index contributed by atoms with van der Waals surface area (Å²) in [7, 11) is -2.58. The lowest BCUT2D eigenvalue weighted by Crippen LogP contribution is -2.51. The van der Waals surface area contributed by atoms with E-state index in [-0.39, 0.29) is 55.0 Å². The minimum Gasteiger partial charge on any atom is -0.443 e. The predicted octanol–water partition coefficient (Wildman–Crippen LogP) is 2.32. The van der Waals surface area contributed by atoms with E-state index in [1.165, 1.54) is 16.4 Å². The Labute approximate surface area is 275 Å². The molecule has 0 aliphatic carbocycles. The van der Waals surface area contributed by atoms with Crippen molar-refractivity contribution in [3.05, 3.63) is 65.9 Å². The lowest BCUT2D eigenvalue weighted by Gasteiger charge is -2.31. The number of carbonyl (C=O) groups excluding carboxylic acids is 2. The maximum Gasteiger partial charge on any atom is 0.407 e. The van der Waals surface area contributed by atoms with Crippen LogP contribution in [0, 0.1) is 11.8 Å². The highest BCUT2D eigenvalue weighted by molar-refractivity contribution is 7.89. The molecular weight excluding hydrogens is 628 g/mol. The van der Waals surface area contributed by atoms with Crippen LogP contribution in [0.25, 0.3) is 5.57 Å². The van der Waals surface area contributed by atoms with Gasteiger partial charge in [0.05, 0.1) is 48.4 Å². The van der Waals surface area contributed by atoms with Crippen LogP contribution in [0.5, 0.6) is 0 Å². The number of hydrogen-bond donors (Lipinski definition) is 4. The van der Waals surface area contributed by atoms with Gasteiger partial charge in [-0.15, -0.1) is 0 Å². The summed E-state index contributed by atoms with van der Waals surface area (Å²) in [5.41, 5.74) is 2.09. The van der Waals surface area contributed by atoms with E-state index < -0.39 is 34.4 Å². The third kappa shape index (κ3) is 8.50. The second-order valence-electron chi connectivity index (χ2n) is 12.4. The number of anilines is 1. The van der Waals surface area contributed by atoms with Gasteiger partial charge in [0.2, 0.25) is 10.0 Å².